The fourth-order valence-electron chi connectivity index (χ4n) is 2.09. The molecule has 0 fully saturated rings. The van der Waals surface area contributed by atoms with E-state index in [1.165, 1.54) is 25.5 Å². The molecule has 0 heterocycles. The van der Waals surface area contributed by atoms with Crippen molar-refractivity contribution in [2.24, 2.45) is 0 Å². The van der Waals surface area contributed by atoms with Gasteiger partial charge in [0.15, 0.2) is 0 Å². The van der Waals surface area contributed by atoms with E-state index in [2.05, 4.69) is 50.1 Å². The minimum Gasteiger partial charge on any atom is -0.121 e. The Morgan fingerprint density at radius 1 is 0.773 bits per heavy atom. The summed E-state index contributed by atoms with van der Waals surface area (Å²) in [4.78, 5) is 4.05. The van der Waals surface area contributed by atoms with Crippen LogP contribution in [0.3, 0.4) is 0 Å². The van der Waals surface area contributed by atoms with Crippen molar-refractivity contribution in [1.29, 1.82) is 0 Å². The molecule has 0 saturated carbocycles. The highest BCUT2D eigenvalue weighted by Crippen LogP contribution is 2.43. The number of thioether (sulfide) groups is 3. The van der Waals surface area contributed by atoms with Crippen LogP contribution in [-0.2, 0) is 0 Å². The van der Waals surface area contributed by atoms with E-state index < -0.39 is 0 Å². The van der Waals surface area contributed by atoms with Crippen LogP contribution >= 0.6 is 35.3 Å². The lowest BCUT2D eigenvalue weighted by atomic mass is 10.1. The molecule has 0 amide bonds. The lowest BCUT2D eigenvalue weighted by Crippen LogP contribution is -1.90. The maximum atomic E-state index is 3.86. The number of fused-ring (bicyclic) bond motifs is 1. The number of hydrogen-bond acceptors (Lipinski definition) is 3. The summed E-state index contributed by atoms with van der Waals surface area (Å²) in [7, 11) is 0. The minimum atomic E-state index is 0.918. The molecule has 0 nitrogen and oxygen atoms in total. The quantitative estimate of drug-likeness (QED) is 0.368. The third-order valence-electron chi connectivity index (χ3n) is 2.97. The molecular weight excluding hydrogens is 324 g/mol. The van der Waals surface area contributed by atoms with Gasteiger partial charge in [-0.1, -0.05) is 42.5 Å². The van der Waals surface area contributed by atoms with Crippen molar-refractivity contribution < 1.29 is 0 Å². The Kier molecular flexibility index (Phi) is 7.23. The number of rotatable bonds is 9. The summed E-state index contributed by atoms with van der Waals surface area (Å²) in [5.41, 5.74) is 0. The van der Waals surface area contributed by atoms with Gasteiger partial charge in [0.05, 0.1) is 0 Å². The molecule has 0 unspecified atom stereocenters. The molecule has 0 radical (unpaired) electrons. The average molecular weight is 345 g/mol. The smallest absolute Gasteiger partial charge is 0.0354 e. The second kappa shape index (κ2) is 9.19. The molecule has 0 saturated heterocycles. The van der Waals surface area contributed by atoms with Gasteiger partial charge in [0.1, 0.15) is 0 Å². The zero-order valence-electron chi connectivity index (χ0n) is 12.6. The normalized spacial score (nSPS) is 10.5. The molecule has 2 aromatic rings. The van der Waals surface area contributed by atoms with E-state index in [-0.39, 0.29) is 0 Å². The first kappa shape index (κ1) is 17.3. The second-order valence-electron chi connectivity index (χ2n) is 4.55. The third-order valence-corrected chi connectivity index (χ3v) is 6.49. The van der Waals surface area contributed by atoms with Crippen molar-refractivity contribution in [2.75, 3.05) is 17.3 Å². The van der Waals surface area contributed by atoms with Gasteiger partial charge in [-0.25, -0.2) is 0 Å². The Morgan fingerprint density at radius 2 is 1.36 bits per heavy atom. The molecule has 0 aliphatic carbocycles. The van der Waals surface area contributed by atoms with Crippen LogP contribution in [-0.4, -0.2) is 17.3 Å². The maximum absolute atomic E-state index is 3.86. The summed E-state index contributed by atoms with van der Waals surface area (Å²) in [6.45, 7) is 11.6. The minimum absolute atomic E-state index is 0.918. The SMILES string of the molecule is C=CCSc1cc2ccccc2c(SCC=C)c1SCC=C. The first-order valence-electron chi connectivity index (χ1n) is 7.08. The first-order valence-corrected chi connectivity index (χ1v) is 10.0. The number of benzene rings is 2. The molecule has 114 valence electrons. The lowest BCUT2D eigenvalue weighted by Gasteiger charge is -2.16. The molecule has 2 rings (SSSR count). The summed E-state index contributed by atoms with van der Waals surface area (Å²) >= 11 is 5.57. The Balaban J connectivity index is 2.59. The first-order chi connectivity index (χ1) is 10.8. The highest BCUT2D eigenvalue weighted by Gasteiger charge is 2.14. The van der Waals surface area contributed by atoms with Gasteiger partial charge >= 0.3 is 0 Å². The topological polar surface area (TPSA) is 0 Å². The predicted octanol–water partition coefficient (Wildman–Crippen LogP) is 6.67. The highest BCUT2D eigenvalue weighted by molar-refractivity contribution is 8.04. The van der Waals surface area contributed by atoms with Gasteiger partial charge in [-0.15, -0.1) is 55.0 Å². The molecule has 0 aromatic heterocycles. The van der Waals surface area contributed by atoms with E-state index in [0.717, 1.165) is 17.3 Å². The van der Waals surface area contributed by atoms with Crippen LogP contribution in [0.25, 0.3) is 10.8 Å². The largest absolute Gasteiger partial charge is 0.121 e. The van der Waals surface area contributed by atoms with Crippen molar-refractivity contribution in [3.63, 3.8) is 0 Å². The van der Waals surface area contributed by atoms with Crippen molar-refractivity contribution >= 4 is 46.1 Å². The molecule has 0 atom stereocenters. The Bertz CT molecular complexity index is 674. The molecule has 22 heavy (non-hydrogen) atoms. The zero-order chi connectivity index (χ0) is 15.8. The van der Waals surface area contributed by atoms with Gasteiger partial charge in [-0.3, -0.25) is 0 Å². The molecule has 2 aromatic carbocycles. The van der Waals surface area contributed by atoms with Gasteiger partial charge in [0, 0.05) is 31.9 Å². The standard InChI is InChI=1S/C19H20S3/c1-4-11-20-17-14-15-9-7-8-10-16(15)18(21-12-5-2)19(17)22-13-6-3/h4-10,14H,1-3,11-13H2. The van der Waals surface area contributed by atoms with Crippen LogP contribution in [0.4, 0.5) is 0 Å². The fourth-order valence-corrected chi connectivity index (χ4v) is 5.20. The third kappa shape index (κ3) is 4.25. The summed E-state index contributed by atoms with van der Waals surface area (Å²) in [5, 5.41) is 2.62. The monoisotopic (exact) mass is 344 g/mol. The van der Waals surface area contributed by atoms with Gasteiger partial charge in [0.2, 0.25) is 0 Å². The zero-order valence-corrected chi connectivity index (χ0v) is 15.0. The molecule has 0 aliphatic heterocycles. The fraction of sp³-hybridized carbons (Fsp3) is 0.158. The summed E-state index contributed by atoms with van der Waals surface area (Å²) in [5.74, 6) is 2.76. The molecular formula is C19H20S3. The lowest BCUT2D eigenvalue weighted by molar-refractivity contribution is 1.16. The molecule has 3 heteroatoms. The average Bonchev–Trinajstić information content (AvgIpc) is 2.56. The summed E-state index contributed by atoms with van der Waals surface area (Å²) < 4.78 is 0. The molecule has 0 spiro atoms. The summed E-state index contributed by atoms with van der Waals surface area (Å²) in [6.07, 6.45) is 5.88. The van der Waals surface area contributed by atoms with E-state index in [1.807, 2.05) is 53.5 Å². The van der Waals surface area contributed by atoms with Crippen molar-refractivity contribution in [2.45, 2.75) is 14.7 Å². The van der Waals surface area contributed by atoms with E-state index in [1.54, 1.807) is 0 Å². The highest BCUT2D eigenvalue weighted by atomic mass is 32.2. The number of hydrogen-bond donors (Lipinski definition) is 0. The van der Waals surface area contributed by atoms with E-state index in [9.17, 15) is 0 Å². The van der Waals surface area contributed by atoms with Crippen molar-refractivity contribution in [3.05, 3.63) is 68.3 Å². The van der Waals surface area contributed by atoms with Crippen molar-refractivity contribution in [1.82, 2.24) is 0 Å². The van der Waals surface area contributed by atoms with Crippen molar-refractivity contribution in [3.8, 4) is 0 Å². The van der Waals surface area contributed by atoms with Gasteiger partial charge < -0.3 is 0 Å². The Labute approximate surface area is 146 Å². The van der Waals surface area contributed by atoms with E-state index in [0.29, 0.717) is 0 Å². The van der Waals surface area contributed by atoms with E-state index >= 15 is 0 Å². The summed E-state index contributed by atoms with van der Waals surface area (Å²) in [6, 6.07) is 10.9. The molecule has 0 N–H and O–H groups in total. The van der Waals surface area contributed by atoms with E-state index in [4.69, 9.17) is 0 Å². The maximum Gasteiger partial charge on any atom is 0.0354 e. The van der Waals surface area contributed by atoms with Crippen LogP contribution < -0.4 is 0 Å². The van der Waals surface area contributed by atoms with Crippen LogP contribution in [0.15, 0.2) is 83.0 Å². The van der Waals surface area contributed by atoms with Crippen LogP contribution in [0.2, 0.25) is 0 Å². The second-order valence-corrected chi connectivity index (χ2v) is 7.68. The van der Waals surface area contributed by atoms with Crippen LogP contribution in [0, 0.1) is 0 Å². The Morgan fingerprint density at radius 3 is 2.05 bits per heavy atom. The molecule has 0 bridgehead atoms. The van der Waals surface area contributed by atoms with Gasteiger partial charge in [-0.2, -0.15) is 0 Å². The van der Waals surface area contributed by atoms with Gasteiger partial charge in [-0.05, 0) is 16.8 Å². The molecule has 0 aliphatic rings. The van der Waals surface area contributed by atoms with Crippen LogP contribution in [0.1, 0.15) is 0 Å². The van der Waals surface area contributed by atoms with Gasteiger partial charge in [0.25, 0.3) is 0 Å². The Hall–Kier alpha value is -1.03. The predicted molar refractivity (Wildman–Crippen MR) is 107 cm³/mol. The van der Waals surface area contributed by atoms with Crippen LogP contribution in [0.5, 0.6) is 0 Å².